The number of nitrogens with two attached hydrogens (primary N) is 1. The van der Waals surface area contributed by atoms with Crippen LogP contribution in [-0.2, 0) is 11.2 Å². The lowest BCUT2D eigenvalue weighted by molar-refractivity contribution is 0.202. The smallest absolute Gasteiger partial charge is 0.116 e. The Morgan fingerprint density at radius 2 is 2.27 bits per heavy atom. The van der Waals surface area contributed by atoms with Crippen molar-refractivity contribution in [2.75, 3.05) is 13.7 Å². The number of thiazole rings is 1. The molecule has 1 aromatic heterocycles. The zero-order valence-electron chi connectivity index (χ0n) is 9.24. The van der Waals surface area contributed by atoms with Crippen LogP contribution in [0.15, 0.2) is 0 Å². The molecule has 0 aliphatic rings. The summed E-state index contributed by atoms with van der Waals surface area (Å²) in [4.78, 5) is 5.93. The van der Waals surface area contributed by atoms with Gasteiger partial charge in [0, 0.05) is 13.5 Å². The second-order valence-corrected chi connectivity index (χ2v) is 5.11. The number of methoxy groups -OCH3 is 1. The fourth-order valence-corrected chi connectivity index (χ4v) is 2.52. The maximum atomic E-state index is 5.66. The number of hydrogen-bond acceptors (Lipinski definition) is 4. The molecule has 3 nitrogen and oxygen atoms in total. The molecule has 84 valence electrons. The lowest BCUT2D eigenvalue weighted by atomic mass is 10.1. The molecule has 0 amide bonds. The van der Waals surface area contributed by atoms with Crippen molar-refractivity contribution in [3.63, 3.8) is 0 Å². The third kappa shape index (κ3) is 3.22. The molecule has 0 spiro atoms. The molecule has 0 saturated carbocycles. The van der Waals surface area contributed by atoms with Gasteiger partial charge >= 0.3 is 0 Å². The van der Waals surface area contributed by atoms with Crippen molar-refractivity contribution in [3.05, 3.63) is 15.6 Å². The number of hydrogen-bond donors (Lipinski definition) is 1. The molecule has 0 saturated heterocycles. The van der Waals surface area contributed by atoms with Gasteiger partial charge in [-0.2, -0.15) is 0 Å². The van der Waals surface area contributed by atoms with E-state index in [4.69, 9.17) is 22.7 Å². The van der Waals surface area contributed by atoms with Crippen molar-refractivity contribution in [1.82, 2.24) is 4.98 Å². The second kappa shape index (κ2) is 5.53. The monoisotopic (exact) mass is 244 g/mol. The zero-order chi connectivity index (χ0) is 11.4. The van der Waals surface area contributed by atoms with Crippen LogP contribution in [0.4, 0.5) is 0 Å². The molecule has 1 rings (SSSR count). The minimum atomic E-state index is 0.356. The van der Waals surface area contributed by atoms with E-state index in [0.717, 1.165) is 22.0 Å². The molecule has 0 fully saturated rings. The molecule has 15 heavy (non-hydrogen) atoms. The molecular formula is C10H16N2OS2. The molecule has 0 aliphatic carbocycles. The number of rotatable bonds is 5. The topological polar surface area (TPSA) is 48.1 Å². The summed E-state index contributed by atoms with van der Waals surface area (Å²) in [6, 6.07) is 0. The second-order valence-electron chi connectivity index (χ2n) is 3.58. The summed E-state index contributed by atoms with van der Waals surface area (Å²) in [6.07, 6.45) is 0.823. The van der Waals surface area contributed by atoms with E-state index in [9.17, 15) is 0 Å². The van der Waals surface area contributed by atoms with E-state index in [-0.39, 0.29) is 0 Å². The average Bonchev–Trinajstić information content (AvgIpc) is 2.58. The molecule has 2 N–H and O–H groups in total. The highest BCUT2D eigenvalue weighted by Crippen LogP contribution is 2.25. The quantitative estimate of drug-likeness (QED) is 0.806. The minimum Gasteiger partial charge on any atom is -0.389 e. The summed E-state index contributed by atoms with van der Waals surface area (Å²) in [5.74, 6) is 0.356. The first kappa shape index (κ1) is 12.5. The van der Waals surface area contributed by atoms with Gasteiger partial charge in [0.05, 0.1) is 22.2 Å². The van der Waals surface area contributed by atoms with Crippen LogP contribution < -0.4 is 5.73 Å². The summed E-state index contributed by atoms with van der Waals surface area (Å²) in [5.41, 5.74) is 6.68. The molecule has 0 radical (unpaired) electrons. The van der Waals surface area contributed by atoms with Crippen LogP contribution in [0.5, 0.6) is 0 Å². The van der Waals surface area contributed by atoms with Crippen LogP contribution >= 0.6 is 23.6 Å². The fraction of sp³-hybridized carbons (Fsp3) is 0.600. The van der Waals surface area contributed by atoms with Gasteiger partial charge in [-0.05, 0) is 5.92 Å². The number of nitrogens with zero attached hydrogens (tertiary/aromatic N) is 1. The lowest BCUT2D eigenvalue weighted by Gasteiger charge is -2.02. The van der Waals surface area contributed by atoms with Gasteiger partial charge in [0.25, 0.3) is 0 Å². The maximum absolute atomic E-state index is 5.66. The van der Waals surface area contributed by atoms with Gasteiger partial charge in [0.1, 0.15) is 4.99 Å². The Hall–Kier alpha value is -0.520. The highest BCUT2D eigenvalue weighted by molar-refractivity contribution is 7.81. The Morgan fingerprint density at radius 1 is 1.60 bits per heavy atom. The summed E-state index contributed by atoms with van der Waals surface area (Å²) in [6.45, 7) is 4.87. The third-order valence-corrected chi connectivity index (χ3v) is 3.49. The molecule has 0 aromatic carbocycles. The number of aromatic nitrogens is 1. The summed E-state index contributed by atoms with van der Waals surface area (Å²) in [5, 5.41) is 1.04. The van der Waals surface area contributed by atoms with Crippen LogP contribution in [0.2, 0.25) is 0 Å². The molecule has 1 aromatic rings. The molecular weight excluding hydrogens is 228 g/mol. The third-order valence-electron chi connectivity index (χ3n) is 1.99. The number of ether oxygens (including phenoxy) is 1. The van der Waals surface area contributed by atoms with E-state index in [2.05, 4.69) is 18.8 Å². The Bertz CT molecular complexity index is 347. The van der Waals surface area contributed by atoms with Crippen LogP contribution in [-0.4, -0.2) is 23.7 Å². The molecule has 0 unspecified atom stereocenters. The van der Waals surface area contributed by atoms with Gasteiger partial charge < -0.3 is 10.5 Å². The van der Waals surface area contributed by atoms with E-state index in [1.807, 2.05) is 0 Å². The highest BCUT2D eigenvalue weighted by Gasteiger charge is 2.15. The van der Waals surface area contributed by atoms with E-state index >= 15 is 0 Å². The van der Waals surface area contributed by atoms with Gasteiger partial charge in [-0.3, -0.25) is 0 Å². The molecule has 0 aliphatic heterocycles. The van der Waals surface area contributed by atoms with Crippen LogP contribution in [0.3, 0.4) is 0 Å². The summed E-state index contributed by atoms with van der Waals surface area (Å²) < 4.78 is 5.02. The van der Waals surface area contributed by atoms with E-state index in [1.165, 1.54) is 0 Å². The van der Waals surface area contributed by atoms with Crippen molar-refractivity contribution in [2.45, 2.75) is 26.2 Å². The first-order chi connectivity index (χ1) is 7.06. The minimum absolute atomic E-state index is 0.356. The first-order valence-electron chi connectivity index (χ1n) is 4.84. The molecule has 5 heteroatoms. The maximum Gasteiger partial charge on any atom is 0.116 e. The van der Waals surface area contributed by atoms with Crippen LogP contribution in [0, 0.1) is 0 Å². The van der Waals surface area contributed by atoms with E-state index < -0.39 is 0 Å². The fourth-order valence-electron chi connectivity index (χ4n) is 1.24. The Kier molecular flexibility index (Phi) is 4.63. The van der Waals surface area contributed by atoms with Crippen molar-refractivity contribution in [2.24, 2.45) is 5.73 Å². The van der Waals surface area contributed by atoms with Crippen LogP contribution in [0.1, 0.15) is 35.3 Å². The van der Waals surface area contributed by atoms with Crippen molar-refractivity contribution in [1.29, 1.82) is 0 Å². The predicted octanol–water partition coefficient (Wildman–Crippen LogP) is 2.09. The van der Waals surface area contributed by atoms with Gasteiger partial charge in [0.2, 0.25) is 0 Å². The molecule has 0 atom stereocenters. The SMILES string of the molecule is COCCc1nc(C(C)C)c(C(N)=S)s1. The van der Waals surface area contributed by atoms with E-state index in [0.29, 0.717) is 17.5 Å². The highest BCUT2D eigenvalue weighted by atomic mass is 32.1. The van der Waals surface area contributed by atoms with Crippen molar-refractivity contribution >= 4 is 28.5 Å². The largest absolute Gasteiger partial charge is 0.389 e. The van der Waals surface area contributed by atoms with Crippen molar-refractivity contribution in [3.8, 4) is 0 Å². The Labute approximate surface area is 99.7 Å². The lowest BCUT2D eigenvalue weighted by Crippen LogP contribution is -2.10. The summed E-state index contributed by atoms with van der Waals surface area (Å²) in [7, 11) is 1.69. The van der Waals surface area contributed by atoms with Crippen LogP contribution in [0.25, 0.3) is 0 Å². The standard InChI is InChI=1S/C10H16N2OS2/c1-6(2)8-9(10(11)14)15-7(12-8)4-5-13-3/h6H,4-5H2,1-3H3,(H2,11,14). The van der Waals surface area contributed by atoms with Crippen molar-refractivity contribution < 1.29 is 4.74 Å². The molecule has 1 heterocycles. The first-order valence-corrected chi connectivity index (χ1v) is 6.07. The predicted molar refractivity (Wildman–Crippen MR) is 67.7 cm³/mol. The van der Waals surface area contributed by atoms with E-state index in [1.54, 1.807) is 18.4 Å². The Balaban J connectivity index is 2.93. The molecule has 0 bridgehead atoms. The van der Waals surface area contributed by atoms with Gasteiger partial charge in [-0.15, -0.1) is 11.3 Å². The summed E-state index contributed by atoms with van der Waals surface area (Å²) >= 11 is 6.59. The van der Waals surface area contributed by atoms with Gasteiger partial charge in [-0.1, -0.05) is 26.1 Å². The van der Waals surface area contributed by atoms with Gasteiger partial charge in [-0.25, -0.2) is 4.98 Å². The average molecular weight is 244 g/mol. The number of thiocarbonyl (C=S) groups is 1. The Morgan fingerprint density at radius 3 is 2.67 bits per heavy atom. The van der Waals surface area contributed by atoms with Gasteiger partial charge in [0.15, 0.2) is 0 Å². The normalized spacial score (nSPS) is 10.9. The zero-order valence-corrected chi connectivity index (χ0v) is 10.9.